The quantitative estimate of drug-likeness (QED) is 0.525. The van der Waals surface area contributed by atoms with Crippen LogP contribution in [0.4, 0.5) is 17.6 Å². The van der Waals surface area contributed by atoms with Gasteiger partial charge in [0.05, 0.1) is 5.41 Å². The summed E-state index contributed by atoms with van der Waals surface area (Å²) >= 11 is 0. The molecule has 0 radical (unpaired) electrons. The maximum absolute atomic E-state index is 14.0. The molecule has 166 valence electrons. The van der Waals surface area contributed by atoms with Crippen LogP contribution >= 0.6 is 0 Å². The van der Waals surface area contributed by atoms with E-state index in [1.807, 2.05) is 0 Å². The van der Waals surface area contributed by atoms with Crippen molar-refractivity contribution in [2.75, 3.05) is 26.2 Å². The number of hydrogen-bond donors (Lipinski definition) is 0. The molecule has 5 nitrogen and oxygen atoms in total. The van der Waals surface area contributed by atoms with E-state index >= 15 is 0 Å². The van der Waals surface area contributed by atoms with E-state index in [2.05, 4.69) is 0 Å². The lowest BCUT2D eigenvalue weighted by atomic mass is 9.63. The summed E-state index contributed by atoms with van der Waals surface area (Å²) in [5.41, 5.74) is -0.224. The predicted molar refractivity (Wildman–Crippen MR) is 104 cm³/mol. The monoisotopic (exact) mass is 456 g/mol. The third-order valence-electron chi connectivity index (χ3n) is 6.14. The van der Waals surface area contributed by atoms with Crippen LogP contribution in [0.25, 0.3) is 0 Å². The maximum atomic E-state index is 14.0. The fourth-order valence-electron chi connectivity index (χ4n) is 4.22. The van der Waals surface area contributed by atoms with Crippen LogP contribution in [0.2, 0.25) is 0 Å². The summed E-state index contributed by atoms with van der Waals surface area (Å²) in [7, 11) is -4.40. The molecule has 2 aliphatic rings. The molecule has 1 amide bonds. The van der Waals surface area contributed by atoms with Crippen LogP contribution in [0.5, 0.6) is 0 Å². The Kier molecular flexibility index (Phi) is 5.55. The van der Waals surface area contributed by atoms with Crippen molar-refractivity contribution < 1.29 is 30.8 Å². The molecular weight excluding hydrogens is 436 g/mol. The third-order valence-corrected chi connectivity index (χ3v) is 8.05. The second kappa shape index (κ2) is 7.90. The molecule has 1 saturated heterocycles. The molecule has 1 aliphatic carbocycles. The average molecular weight is 456 g/mol. The number of benzene rings is 2. The Labute approximate surface area is 177 Å². The number of hydrogen-bond acceptors (Lipinski definition) is 3. The number of piperazine rings is 1. The molecule has 1 heterocycles. The largest absolute Gasteiger partial charge is 0.339 e. The number of carbonyl (C=O) groups is 1. The lowest BCUT2D eigenvalue weighted by Crippen LogP contribution is -2.57. The first-order chi connectivity index (χ1) is 14.7. The molecule has 2 aromatic carbocycles. The highest BCUT2D eigenvalue weighted by atomic mass is 32.2. The Balaban J connectivity index is 1.51. The van der Waals surface area contributed by atoms with Gasteiger partial charge in [-0.3, -0.25) is 4.79 Å². The molecule has 31 heavy (non-hydrogen) atoms. The molecule has 0 bridgehead atoms. The Morgan fingerprint density at radius 1 is 0.903 bits per heavy atom. The first-order valence-electron chi connectivity index (χ1n) is 9.86. The van der Waals surface area contributed by atoms with Gasteiger partial charge in [-0.15, -0.1) is 0 Å². The molecule has 0 unspecified atom stereocenters. The normalized spacial score (nSPS) is 19.2. The maximum Gasteiger partial charge on any atom is 0.246 e. The molecule has 0 spiro atoms. The minimum Gasteiger partial charge on any atom is -0.339 e. The zero-order valence-corrected chi connectivity index (χ0v) is 17.3. The van der Waals surface area contributed by atoms with Gasteiger partial charge in [0.2, 0.25) is 15.9 Å². The fourth-order valence-corrected chi connectivity index (χ4v) is 5.70. The standard InChI is InChI=1S/C21H20F4N2O3S/c22-15-4-1-3-14(13-15)21(7-2-8-21)20(28)26-9-11-27(12-10-26)31(29,30)17-6-5-16(23)18(24)19(17)25/h1,3-6,13H,2,7-12H2. The second-order valence-corrected chi connectivity index (χ2v) is 9.72. The highest BCUT2D eigenvalue weighted by molar-refractivity contribution is 7.89. The van der Waals surface area contributed by atoms with Crippen LogP contribution in [0.15, 0.2) is 41.3 Å². The van der Waals surface area contributed by atoms with Gasteiger partial charge < -0.3 is 4.90 Å². The van der Waals surface area contributed by atoms with Crippen LogP contribution in [-0.2, 0) is 20.2 Å². The molecule has 10 heteroatoms. The summed E-state index contributed by atoms with van der Waals surface area (Å²) in [6, 6.07) is 7.18. The smallest absolute Gasteiger partial charge is 0.246 e. The van der Waals surface area contributed by atoms with Gasteiger partial charge in [-0.2, -0.15) is 4.31 Å². The number of sulfonamides is 1. The van der Waals surface area contributed by atoms with Crippen molar-refractivity contribution in [1.82, 2.24) is 9.21 Å². The highest BCUT2D eigenvalue weighted by Crippen LogP contribution is 2.45. The van der Waals surface area contributed by atoms with Crippen LogP contribution in [-0.4, -0.2) is 49.7 Å². The fraction of sp³-hybridized carbons (Fsp3) is 0.381. The van der Waals surface area contributed by atoms with Gasteiger partial charge in [-0.1, -0.05) is 18.6 Å². The number of amides is 1. The van der Waals surface area contributed by atoms with Gasteiger partial charge in [-0.05, 0) is 42.7 Å². The number of nitrogens with zero attached hydrogens (tertiary/aromatic N) is 2. The van der Waals surface area contributed by atoms with Gasteiger partial charge in [0.25, 0.3) is 0 Å². The minimum atomic E-state index is -4.40. The molecule has 1 saturated carbocycles. The van der Waals surface area contributed by atoms with Crippen LogP contribution in [0.1, 0.15) is 24.8 Å². The van der Waals surface area contributed by atoms with Crippen molar-refractivity contribution in [2.45, 2.75) is 29.6 Å². The first kappa shape index (κ1) is 21.8. The Hall–Kier alpha value is -2.46. The van der Waals surface area contributed by atoms with Crippen molar-refractivity contribution in [1.29, 1.82) is 0 Å². The number of carbonyl (C=O) groups excluding carboxylic acids is 1. The molecule has 0 N–H and O–H groups in total. The van der Waals surface area contributed by atoms with E-state index in [1.54, 1.807) is 12.1 Å². The summed E-state index contributed by atoms with van der Waals surface area (Å²) in [6.07, 6.45) is 1.98. The summed E-state index contributed by atoms with van der Waals surface area (Å²) in [4.78, 5) is 13.8. The molecule has 2 aromatic rings. The zero-order valence-electron chi connectivity index (χ0n) is 16.5. The second-order valence-electron chi connectivity index (χ2n) is 7.82. The van der Waals surface area contributed by atoms with Gasteiger partial charge >= 0.3 is 0 Å². The van der Waals surface area contributed by atoms with Crippen molar-refractivity contribution in [3.05, 3.63) is 65.2 Å². The van der Waals surface area contributed by atoms with Crippen molar-refractivity contribution in [2.24, 2.45) is 0 Å². The molecule has 0 aromatic heterocycles. The van der Waals surface area contributed by atoms with E-state index in [9.17, 15) is 30.8 Å². The van der Waals surface area contributed by atoms with E-state index in [0.717, 1.165) is 10.7 Å². The Morgan fingerprint density at radius 3 is 2.16 bits per heavy atom. The lowest BCUT2D eigenvalue weighted by molar-refractivity contribution is -0.142. The third kappa shape index (κ3) is 3.61. The predicted octanol–water partition coefficient (Wildman–Crippen LogP) is 3.20. The topological polar surface area (TPSA) is 57.7 Å². The van der Waals surface area contributed by atoms with E-state index < -0.39 is 43.6 Å². The molecule has 0 atom stereocenters. The van der Waals surface area contributed by atoms with Crippen molar-refractivity contribution in [3.63, 3.8) is 0 Å². The Bertz CT molecular complexity index is 1130. The molecule has 4 rings (SSSR count). The highest BCUT2D eigenvalue weighted by Gasteiger charge is 2.48. The summed E-state index contributed by atoms with van der Waals surface area (Å²) in [5.74, 6) is -5.72. The van der Waals surface area contributed by atoms with Crippen molar-refractivity contribution >= 4 is 15.9 Å². The molecule has 2 fully saturated rings. The van der Waals surface area contributed by atoms with Gasteiger partial charge in [-0.25, -0.2) is 26.0 Å². The van der Waals surface area contributed by atoms with Gasteiger partial charge in [0.1, 0.15) is 10.7 Å². The van der Waals surface area contributed by atoms with Gasteiger partial charge in [0.15, 0.2) is 17.5 Å². The van der Waals surface area contributed by atoms with E-state index in [0.29, 0.717) is 30.5 Å². The zero-order chi connectivity index (χ0) is 22.4. The number of rotatable bonds is 4. The number of halogens is 4. The molecular formula is C21H20F4N2O3S. The summed E-state index contributed by atoms with van der Waals surface area (Å²) < 4.78 is 80.8. The van der Waals surface area contributed by atoms with Gasteiger partial charge in [0, 0.05) is 26.2 Å². The first-order valence-corrected chi connectivity index (χ1v) is 11.3. The summed E-state index contributed by atoms with van der Waals surface area (Å²) in [6.45, 7) is -0.127. The van der Waals surface area contributed by atoms with Crippen molar-refractivity contribution in [3.8, 4) is 0 Å². The lowest BCUT2D eigenvalue weighted by Gasteiger charge is -2.45. The SMILES string of the molecule is O=C(N1CCN(S(=O)(=O)c2ccc(F)c(F)c2F)CC1)C1(c2cccc(F)c2)CCC1. The van der Waals surface area contributed by atoms with E-state index in [-0.39, 0.29) is 32.1 Å². The van der Waals surface area contributed by atoms with Crippen LogP contribution < -0.4 is 0 Å². The minimum absolute atomic E-state index is 0.0560. The van der Waals surface area contributed by atoms with E-state index in [1.165, 1.54) is 17.0 Å². The average Bonchev–Trinajstić information content (AvgIpc) is 2.71. The van der Waals surface area contributed by atoms with Crippen LogP contribution in [0, 0.1) is 23.3 Å². The summed E-state index contributed by atoms with van der Waals surface area (Å²) in [5, 5.41) is 0. The molecule has 1 aliphatic heterocycles. The Morgan fingerprint density at radius 2 is 1.58 bits per heavy atom. The van der Waals surface area contributed by atoms with E-state index in [4.69, 9.17) is 0 Å². The van der Waals surface area contributed by atoms with Crippen LogP contribution in [0.3, 0.4) is 0 Å².